The normalized spacial score (nSPS) is 15.1. The zero-order chi connectivity index (χ0) is 55.8. The highest BCUT2D eigenvalue weighted by Crippen LogP contribution is 2.52. The highest BCUT2D eigenvalue weighted by Gasteiger charge is 2.52. The molecule has 396 valence electrons. The lowest BCUT2D eigenvalue weighted by Crippen LogP contribution is -2.68. The van der Waals surface area contributed by atoms with Crippen molar-refractivity contribution in [3.63, 3.8) is 0 Å². The van der Waals surface area contributed by atoms with Crippen molar-refractivity contribution in [2.45, 2.75) is 183 Å². The molecular weight excluding hydrogens is 961 g/mol. The SMILES string of the molecule is CC(C)(C)c1cccc(N2c3cc(C(C)(C)C)cc4c3B(c3cc(C(C)(C)C)cc5c3N4c3cc(C(C)(C)C)cc4c3B5c3cc(C(C)(C)C)cc5c6cc(C(C)(C)C)ccc6n-4c35)c3c2sc2ccc(C(C)(C)C)cc32)c1. The summed E-state index contributed by atoms with van der Waals surface area (Å²) < 4.78 is 4.05. The van der Waals surface area contributed by atoms with Crippen LogP contribution in [0.3, 0.4) is 0 Å². The van der Waals surface area contributed by atoms with Gasteiger partial charge < -0.3 is 14.4 Å². The van der Waals surface area contributed by atoms with Crippen LogP contribution in [0.1, 0.15) is 184 Å². The molecule has 0 fully saturated rings. The largest absolute Gasteiger partial charge is 0.312 e. The van der Waals surface area contributed by atoms with E-state index in [1.165, 1.54) is 143 Å². The molecule has 4 aliphatic rings. The zero-order valence-corrected chi connectivity index (χ0v) is 51.6. The Morgan fingerprint density at radius 2 is 0.782 bits per heavy atom. The first-order valence-electron chi connectivity index (χ1n) is 29.1. The van der Waals surface area contributed by atoms with Crippen LogP contribution in [-0.2, 0) is 37.9 Å². The molecule has 3 nitrogen and oxygen atoms in total. The van der Waals surface area contributed by atoms with E-state index in [0.717, 1.165) is 0 Å². The van der Waals surface area contributed by atoms with Gasteiger partial charge in [0, 0.05) is 55.1 Å². The summed E-state index contributed by atoms with van der Waals surface area (Å²) in [4.78, 5) is 5.51. The minimum atomic E-state index is -0.143. The van der Waals surface area contributed by atoms with Crippen LogP contribution in [0.25, 0.3) is 37.6 Å². The molecule has 9 aromatic rings. The third kappa shape index (κ3) is 7.42. The average Bonchev–Trinajstić information content (AvgIpc) is 1.50. The van der Waals surface area contributed by atoms with Crippen LogP contribution < -0.4 is 42.6 Å². The highest BCUT2D eigenvalue weighted by atomic mass is 32.1. The Labute approximate surface area is 471 Å². The van der Waals surface area contributed by atoms with Gasteiger partial charge in [0.15, 0.2) is 0 Å². The molecule has 0 saturated carbocycles. The van der Waals surface area contributed by atoms with Crippen molar-refractivity contribution in [3.05, 3.63) is 148 Å². The number of thiophene rings is 1. The van der Waals surface area contributed by atoms with Gasteiger partial charge in [0.2, 0.25) is 0 Å². The van der Waals surface area contributed by atoms with Gasteiger partial charge in [0.25, 0.3) is 13.4 Å². The summed E-state index contributed by atoms with van der Waals surface area (Å²) in [5, 5.41) is 5.44. The van der Waals surface area contributed by atoms with Gasteiger partial charge >= 0.3 is 0 Å². The smallest absolute Gasteiger partial charge is 0.254 e. The second-order valence-electron chi connectivity index (χ2n) is 31.3. The van der Waals surface area contributed by atoms with Gasteiger partial charge in [-0.3, -0.25) is 0 Å². The Morgan fingerprint density at radius 1 is 0.346 bits per heavy atom. The van der Waals surface area contributed by atoms with E-state index in [-0.39, 0.29) is 51.3 Å². The fraction of sp³-hybridized carbons (Fsp3) is 0.389. The minimum absolute atomic E-state index is 0.00162. The number of fused-ring (bicyclic) bond motifs is 13. The summed E-state index contributed by atoms with van der Waals surface area (Å²) in [5.41, 5.74) is 28.1. The second-order valence-corrected chi connectivity index (χ2v) is 32.3. The van der Waals surface area contributed by atoms with Gasteiger partial charge in [-0.05, 0) is 176 Å². The standard InChI is InChI=1S/C72H81B2N3S/c1-66(2,3)40-23-22-24-47(29-40)75-55-36-45(71(16,17)18)39-58-62(55)74(60-50-31-42(68(7,8)9)26-28-59(50)78-65(60)75)53-35-44(70(13,14)15)34-52-64(53)77(58)57-38-46(72(19,20)21)37-56-61(57)73(52)51-33-43(69(10,11)12)32-49-48-30-41(67(4,5)6)25-27-54(48)76(56)63(49)51/h22-39H,1-21H3. The number of anilines is 6. The van der Waals surface area contributed by atoms with Gasteiger partial charge in [-0.1, -0.05) is 194 Å². The molecular formula is C72H81B2N3S. The monoisotopic (exact) mass is 1040 g/mol. The van der Waals surface area contributed by atoms with Crippen molar-refractivity contribution < 1.29 is 0 Å². The van der Waals surface area contributed by atoms with E-state index in [4.69, 9.17) is 0 Å². The van der Waals surface area contributed by atoms with Crippen molar-refractivity contribution in [1.82, 2.24) is 4.57 Å². The zero-order valence-electron chi connectivity index (χ0n) is 50.8. The van der Waals surface area contributed by atoms with E-state index in [0.29, 0.717) is 0 Å². The van der Waals surface area contributed by atoms with E-state index in [2.05, 4.69) is 269 Å². The van der Waals surface area contributed by atoms with Crippen molar-refractivity contribution in [2.75, 3.05) is 9.80 Å². The molecule has 0 N–H and O–H groups in total. The van der Waals surface area contributed by atoms with E-state index < -0.39 is 0 Å². The molecule has 0 atom stereocenters. The fourth-order valence-electron chi connectivity index (χ4n) is 13.6. The summed E-state index contributed by atoms with van der Waals surface area (Å²) in [7, 11) is 0. The Bertz CT molecular complexity index is 4090. The van der Waals surface area contributed by atoms with Crippen LogP contribution in [0.5, 0.6) is 0 Å². The second kappa shape index (κ2) is 15.9. The maximum atomic E-state index is 2.81. The molecule has 7 aromatic carbocycles. The van der Waals surface area contributed by atoms with Crippen molar-refractivity contribution in [2.24, 2.45) is 0 Å². The predicted molar refractivity (Wildman–Crippen MR) is 346 cm³/mol. The first-order chi connectivity index (χ1) is 36.1. The molecule has 78 heavy (non-hydrogen) atoms. The molecule has 4 aliphatic heterocycles. The van der Waals surface area contributed by atoms with Crippen LogP contribution in [-0.4, -0.2) is 18.0 Å². The minimum Gasteiger partial charge on any atom is -0.312 e. The van der Waals surface area contributed by atoms with Crippen molar-refractivity contribution >= 4 is 123 Å². The summed E-state index contributed by atoms with van der Waals surface area (Å²) in [5.74, 6) is 0. The van der Waals surface area contributed by atoms with Gasteiger partial charge in [0.05, 0.1) is 10.5 Å². The lowest BCUT2D eigenvalue weighted by atomic mass is 9.29. The molecule has 2 aromatic heterocycles. The van der Waals surface area contributed by atoms with E-state index in [1.807, 2.05) is 11.3 Å². The molecule has 0 bridgehead atoms. The van der Waals surface area contributed by atoms with E-state index >= 15 is 0 Å². The summed E-state index contributed by atoms with van der Waals surface area (Å²) >= 11 is 1.99. The molecule has 0 amide bonds. The summed E-state index contributed by atoms with van der Waals surface area (Å²) in [6, 6.07) is 45.3. The maximum Gasteiger partial charge on any atom is 0.254 e. The highest BCUT2D eigenvalue weighted by molar-refractivity contribution is 7.26. The van der Waals surface area contributed by atoms with Crippen LogP contribution in [0, 0.1) is 0 Å². The average molecular weight is 1040 g/mol. The number of hydrogen-bond acceptors (Lipinski definition) is 3. The van der Waals surface area contributed by atoms with Gasteiger partial charge in [-0.15, -0.1) is 11.3 Å². The number of hydrogen-bond donors (Lipinski definition) is 0. The molecule has 13 rings (SSSR count). The third-order valence-corrected chi connectivity index (χ3v) is 19.6. The third-order valence-electron chi connectivity index (χ3n) is 18.4. The predicted octanol–water partition coefficient (Wildman–Crippen LogP) is 16.3. The van der Waals surface area contributed by atoms with Crippen LogP contribution >= 0.6 is 11.3 Å². The number of benzene rings is 7. The lowest BCUT2D eigenvalue weighted by molar-refractivity contribution is 0.589. The quantitative estimate of drug-likeness (QED) is 0.152. The number of rotatable bonds is 1. The Hall–Kier alpha value is -5.97. The van der Waals surface area contributed by atoms with Gasteiger partial charge in [-0.2, -0.15) is 0 Å². The molecule has 0 saturated heterocycles. The first kappa shape index (κ1) is 51.5. The number of nitrogens with zero attached hydrogens (tertiary/aromatic N) is 3. The first-order valence-corrected chi connectivity index (χ1v) is 29.9. The maximum absolute atomic E-state index is 2.81. The van der Waals surface area contributed by atoms with Gasteiger partial charge in [0.1, 0.15) is 0 Å². The molecule has 6 heterocycles. The van der Waals surface area contributed by atoms with Gasteiger partial charge in [-0.25, -0.2) is 0 Å². The lowest BCUT2D eigenvalue weighted by Gasteiger charge is -2.49. The van der Waals surface area contributed by atoms with Crippen molar-refractivity contribution in [3.8, 4) is 5.69 Å². The number of aromatic nitrogens is 1. The van der Waals surface area contributed by atoms with Crippen LogP contribution in [0.2, 0.25) is 0 Å². The van der Waals surface area contributed by atoms with Crippen molar-refractivity contribution in [1.29, 1.82) is 0 Å². The van der Waals surface area contributed by atoms with E-state index in [1.54, 1.807) is 0 Å². The van der Waals surface area contributed by atoms with Crippen LogP contribution in [0.15, 0.2) is 109 Å². The summed E-state index contributed by atoms with van der Waals surface area (Å²) in [6.45, 7) is 50.2. The topological polar surface area (TPSA) is 11.4 Å². The Morgan fingerprint density at radius 3 is 1.35 bits per heavy atom. The fourth-order valence-corrected chi connectivity index (χ4v) is 14.9. The molecule has 0 radical (unpaired) electrons. The molecule has 6 heteroatoms. The Balaban J connectivity index is 1.25. The van der Waals surface area contributed by atoms with Crippen LogP contribution in [0.4, 0.5) is 33.4 Å². The molecule has 0 aliphatic carbocycles. The Kier molecular flexibility index (Phi) is 10.5. The van der Waals surface area contributed by atoms with E-state index in [9.17, 15) is 0 Å². The summed E-state index contributed by atoms with van der Waals surface area (Å²) in [6.07, 6.45) is 0. The molecule has 0 unspecified atom stereocenters. The molecule has 0 spiro atoms.